The van der Waals surface area contributed by atoms with Crippen LogP contribution in [0.15, 0.2) is 16.8 Å². The normalized spacial score (nSPS) is 24.7. The number of amides is 1. The molecule has 2 rings (SSSR count). The lowest BCUT2D eigenvalue weighted by Gasteiger charge is -2.16. The molecule has 2 N–H and O–H groups in total. The van der Waals surface area contributed by atoms with Gasteiger partial charge in [-0.3, -0.25) is 9.59 Å². The molecule has 5 heteroatoms. The summed E-state index contributed by atoms with van der Waals surface area (Å²) in [6.07, 6.45) is 1.76. The molecule has 1 aromatic rings. The third kappa shape index (κ3) is 2.90. The molecule has 0 aromatic carbocycles. The number of carboxylic acid groups (broad SMARTS) is 1. The number of carbonyl (C=O) groups excluding carboxylic acids is 1. The van der Waals surface area contributed by atoms with Crippen LogP contribution in [0.3, 0.4) is 0 Å². The van der Waals surface area contributed by atoms with Crippen LogP contribution < -0.4 is 5.32 Å². The van der Waals surface area contributed by atoms with Gasteiger partial charge in [-0.15, -0.1) is 0 Å². The lowest BCUT2D eigenvalue weighted by atomic mass is 10.0. The van der Waals surface area contributed by atoms with Crippen molar-refractivity contribution >= 4 is 23.2 Å². The zero-order valence-electron chi connectivity index (χ0n) is 10.3. The minimum atomic E-state index is -0.781. The van der Waals surface area contributed by atoms with Crippen molar-refractivity contribution in [1.29, 1.82) is 0 Å². The van der Waals surface area contributed by atoms with Gasteiger partial charge in [-0.2, -0.15) is 11.3 Å². The Labute approximate surface area is 110 Å². The molecule has 18 heavy (non-hydrogen) atoms. The van der Waals surface area contributed by atoms with Crippen molar-refractivity contribution in [2.45, 2.75) is 32.2 Å². The molecular weight excluding hydrogens is 250 g/mol. The fraction of sp³-hybridized carbons (Fsp3) is 0.538. The highest BCUT2D eigenvalue weighted by Gasteiger charge is 2.34. The maximum atomic E-state index is 12.0. The summed E-state index contributed by atoms with van der Waals surface area (Å²) in [5.41, 5.74) is 1.10. The molecule has 4 nitrogen and oxygen atoms in total. The fourth-order valence-corrected chi connectivity index (χ4v) is 3.13. The Morgan fingerprint density at radius 1 is 1.44 bits per heavy atom. The van der Waals surface area contributed by atoms with E-state index in [1.165, 1.54) is 0 Å². The molecule has 1 aromatic heterocycles. The van der Waals surface area contributed by atoms with Gasteiger partial charge < -0.3 is 10.4 Å². The topological polar surface area (TPSA) is 66.4 Å². The van der Waals surface area contributed by atoms with Crippen molar-refractivity contribution in [3.8, 4) is 0 Å². The van der Waals surface area contributed by atoms with E-state index in [9.17, 15) is 9.59 Å². The summed E-state index contributed by atoms with van der Waals surface area (Å²) in [5, 5.41) is 15.9. The number of nitrogens with one attached hydrogen (secondary N) is 1. The van der Waals surface area contributed by atoms with Crippen molar-refractivity contribution in [2.24, 2.45) is 11.8 Å². The third-order valence-corrected chi connectivity index (χ3v) is 4.26. The van der Waals surface area contributed by atoms with E-state index in [-0.39, 0.29) is 23.8 Å². The highest BCUT2D eigenvalue weighted by molar-refractivity contribution is 7.07. The van der Waals surface area contributed by atoms with E-state index in [2.05, 4.69) is 5.32 Å². The molecular formula is C13H17NO3S. The van der Waals surface area contributed by atoms with Crippen LogP contribution in [0.25, 0.3) is 0 Å². The number of thiophene rings is 1. The molecule has 3 atom stereocenters. The molecule has 0 saturated heterocycles. The lowest BCUT2D eigenvalue weighted by Crippen LogP contribution is -2.31. The van der Waals surface area contributed by atoms with Crippen LogP contribution in [0, 0.1) is 11.8 Å². The van der Waals surface area contributed by atoms with Gasteiger partial charge in [-0.05, 0) is 48.6 Å². The van der Waals surface area contributed by atoms with E-state index in [4.69, 9.17) is 5.11 Å². The summed E-state index contributed by atoms with van der Waals surface area (Å²) >= 11 is 1.60. The molecule has 1 fully saturated rings. The van der Waals surface area contributed by atoms with Gasteiger partial charge in [0.05, 0.1) is 12.0 Å². The van der Waals surface area contributed by atoms with Crippen LogP contribution in [0.4, 0.5) is 0 Å². The van der Waals surface area contributed by atoms with E-state index in [1.807, 2.05) is 23.8 Å². The van der Waals surface area contributed by atoms with Gasteiger partial charge in [0.25, 0.3) is 0 Å². The first-order valence-electron chi connectivity index (χ1n) is 6.13. The van der Waals surface area contributed by atoms with Crippen LogP contribution in [0.5, 0.6) is 0 Å². The Kier molecular flexibility index (Phi) is 4.01. The van der Waals surface area contributed by atoms with Gasteiger partial charge in [0, 0.05) is 5.92 Å². The second-order valence-corrected chi connectivity index (χ2v) is 5.61. The van der Waals surface area contributed by atoms with E-state index < -0.39 is 5.97 Å². The molecule has 1 saturated carbocycles. The van der Waals surface area contributed by atoms with Crippen LogP contribution in [-0.4, -0.2) is 17.0 Å². The summed E-state index contributed by atoms with van der Waals surface area (Å²) in [5.74, 6) is -1.29. The monoisotopic (exact) mass is 267 g/mol. The Hall–Kier alpha value is -1.36. The molecule has 0 aliphatic heterocycles. The minimum Gasteiger partial charge on any atom is -0.481 e. The molecule has 98 valence electrons. The second-order valence-electron chi connectivity index (χ2n) is 4.83. The molecule has 1 heterocycles. The van der Waals surface area contributed by atoms with Crippen LogP contribution in [0.2, 0.25) is 0 Å². The highest BCUT2D eigenvalue weighted by atomic mass is 32.1. The predicted molar refractivity (Wildman–Crippen MR) is 69.3 cm³/mol. The van der Waals surface area contributed by atoms with Crippen molar-refractivity contribution in [2.75, 3.05) is 0 Å². The highest BCUT2D eigenvalue weighted by Crippen LogP contribution is 2.31. The second kappa shape index (κ2) is 5.52. The predicted octanol–water partition coefficient (Wildman–Crippen LogP) is 2.43. The summed E-state index contributed by atoms with van der Waals surface area (Å²) < 4.78 is 0. The maximum Gasteiger partial charge on any atom is 0.306 e. The lowest BCUT2D eigenvalue weighted by molar-refractivity contribution is -0.141. The number of aliphatic carboxylic acids is 1. The Morgan fingerprint density at radius 3 is 2.72 bits per heavy atom. The Balaban J connectivity index is 1.87. The zero-order chi connectivity index (χ0) is 13.1. The van der Waals surface area contributed by atoms with Gasteiger partial charge >= 0.3 is 5.97 Å². The molecule has 0 bridgehead atoms. The van der Waals surface area contributed by atoms with Gasteiger partial charge in [0.15, 0.2) is 0 Å². The molecule has 1 unspecified atom stereocenters. The van der Waals surface area contributed by atoms with Gasteiger partial charge in [0.1, 0.15) is 0 Å². The van der Waals surface area contributed by atoms with Crippen molar-refractivity contribution in [3.05, 3.63) is 22.4 Å². The summed E-state index contributed by atoms with van der Waals surface area (Å²) in [7, 11) is 0. The molecule has 0 spiro atoms. The van der Waals surface area contributed by atoms with Crippen LogP contribution >= 0.6 is 11.3 Å². The van der Waals surface area contributed by atoms with E-state index in [1.54, 1.807) is 11.3 Å². The standard InChI is InChI=1S/C13H17NO3S/c1-8(11-4-5-18-7-11)14-12(15)9-2-3-10(6-9)13(16)17/h4-5,7-10H,2-3,6H2,1H3,(H,14,15)(H,16,17)/t8?,9-,10+/m1/s1. The maximum absolute atomic E-state index is 12.0. The van der Waals surface area contributed by atoms with Crippen LogP contribution in [-0.2, 0) is 9.59 Å². The molecule has 1 aliphatic rings. The first-order chi connectivity index (χ1) is 8.58. The number of hydrogen-bond acceptors (Lipinski definition) is 3. The van der Waals surface area contributed by atoms with E-state index in [0.29, 0.717) is 19.3 Å². The van der Waals surface area contributed by atoms with E-state index in [0.717, 1.165) is 5.56 Å². The molecule has 0 radical (unpaired) electrons. The average molecular weight is 267 g/mol. The van der Waals surface area contributed by atoms with Crippen molar-refractivity contribution in [3.63, 3.8) is 0 Å². The summed E-state index contributed by atoms with van der Waals surface area (Å²) in [6, 6.07) is 1.98. The molecule has 1 aliphatic carbocycles. The van der Waals surface area contributed by atoms with Crippen LogP contribution in [0.1, 0.15) is 37.8 Å². The SMILES string of the molecule is CC(NC(=O)[C@@H]1CC[C@H](C(=O)O)C1)c1ccsc1. The van der Waals surface area contributed by atoms with Gasteiger partial charge in [-0.1, -0.05) is 0 Å². The first kappa shape index (κ1) is 13.1. The Morgan fingerprint density at radius 2 is 2.17 bits per heavy atom. The Bertz CT molecular complexity index is 429. The number of hydrogen-bond donors (Lipinski definition) is 2. The van der Waals surface area contributed by atoms with Crippen molar-refractivity contribution in [1.82, 2.24) is 5.32 Å². The summed E-state index contributed by atoms with van der Waals surface area (Å²) in [6.45, 7) is 1.95. The number of rotatable bonds is 4. The van der Waals surface area contributed by atoms with E-state index >= 15 is 0 Å². The van der Waals surface area contributed by atoms with Gasteiger partial charge in [0.2, 0.25) is 5.91 Å². The smallest absolute Gasteiger partial charge is 0.306 e. The zero-order valence-corrected chi connectivity index (χ0v) is 11.1. The van der Waals surface area contributed by atoms with Gasteiger partial charge in [-0.25, -0.2) is 0 Å². The quantitative estimate of drug-likeness (QED) is 0.880. The van der Waals surface area contributed by atoms with Crippen molar-refractivity contribution < 1.29 is 14.7 Å². The minimum absolute atomic E-state index is 0.00683. The largest absolute Gasteiger partial charge is 0.481 e. The molecule has 1 amide bonds. The summed E-state index contributed by atoms with van der Waals surface area (Å²) in [4.78, 5) is 22.9. The fourth-order valence-electron chi connectivity index (χ4n) is 2.38. The number of carboxylic acids is 1. The number of carbonyl (C=O) groups is 2. The third-order valence-electron chi connectivity index (χ3n) is 3.55. The average Bonchev–Trinajstić information content (AvgIpc) is 3.00. The first-order valence-corrected chi connectivity index (χ1v) is 7.07.